The molecule has 0 aromatic carbocycles. The minimum absolute atomic E-state index is 0.0272. The van der Waals surface area contributed by atoms with Crippen molar-refractivity contribution in [1.82, 2.24) is 10.6 Å². The molecule has 196 valence electrons. The van der Waals surface area contributed by atoms with Gasteiger partial charge in [0.25, 0.3) is 0 Å². The lowest BCUT2D eigenvalue weighted by molar-refractivity contribution is -0.124. The molecule has 0 saturated carbocycles. The summed E-state index contributed by atoms with van der Waals surface area (Å²) in [7, 11) is -2.67. The Bertz CT molecular complexity index is 521. The molecule has 0 rings (SSSR count). The van der Waals surface area contributed by atoms with E-state index in [1.54, 1.807) is 0 Å². The van der Waals surface area contributed by atoms with Gasteiger partial charge >= 0.3 is 14.9 Å². The molecule has 0 aliphatic carbocycles. The number of alkyl carbamates (subject to hydrolysis) is 1. The molecule has 0 radical (unpaired) electrons. The molecule has 0 heterocycles. The standard InChI is InChI=1S/C17H36N2O6Si.C5H11NO/c1-6-15(5)16(20)18-12-13-22-17(21)19-11-10-14-26(23-7-2,24-8-3)25-9-4;1-3-4(2)5(6)7/h15H,6-14H2,1-5H3,(H,18,20)(H,19,21);4H,3H2,1-2H3,(H2,6,7). The van der Waals surface area contributed by atoms with Crippen molar-refractivity contribution in [3.63, 3.8) is 0 Å². The molecule has 0 aromatic rings. The van der Waals surface area contributed by atoms with Crippen molar-refractivity contribution in [2.24, 2.45) is 17.6 Å². The van der Waals surface area contributed by atoms with Crippen molar-refractivity contribution < 1.29 is 32.4 Å². The third-order valence-electron chi connectivity index (χ3n) is 4.81. The molecule has 4 N–H and O–H groups in total. The Hall–Kier alpha value is -1.69. The summed E-state index contributed by atoms with van der Waals surface area (Å²) in [5, 5.41) is 5.42. The zero-order valence-electron chi connectivity index (χ0n) is 21.7. The number of hydrogen-bond acceptors (Lipinski definition) is 7. The van der Waals surface area contributed by atoms with E-state index in [9.17, 15) is 14.4 Å². The average Bonchev–Trinajstić information content (AvgIpc) is 2.79. The number of amides is 3. The average molecular weight is 494 g/mol. The SMILES string of the molecule is CCC(C)C(N)=O.CCO[Si](CCCNC(=O)OCCNC(=O)C(C)CC)(OCC)OCC. The predicted molar refractivity (Wildman–Crippen MR) is 131 cm³/mol. The van der Waals surface area contributed by atoms with Gasteiger partial charge in [-0.15, -0.1) is 0 Å². The molecule has 3 amide bonds. The zero-order valence-corrected chi connectivity index (χ0v) is 22.7. The lowest BCUT2D eigenvalue weighted by Gasteiger charge is -2.28. The molecule has 0 bridgehead atoms. The van der Waals surface area contributed by atoms with Crippen LogP contribution in [0.1, 0.15) is 67.7 Å². The first-order chi connectivity index (χ1) is 15.6. The van der Waals surface area contributed by atoms with Crippen molar-refractivity contribution in [3.8, 4) is 0 Å². The highest BCUT2D eigenvalue weighted by Gasteiger charge is 2.39. The Kier molecular flexibility index (Phi) is 21.2. The maximum absolute atomic E-state index is 11.7. The largest absolute Gasteiger partial charge is 0.500 e. The second kappa shape index (κ2) is 20.9. The Morgan fingerprint density at radius 3 is 1.73 bits per heavy atom. The van der Waals surface area contributed by atoms with Crippen LogP contribution >= 0.6 is 0 Å². The molecule has 33 heavy (non-hydrogen) atoms. The first kappa shape index (κ1) is 33.5. The van der Waals surface area contributed by atoms with Gasteiger partial charge in [-0.05, 0) is 40.0 Å². The van der Waals surface area contributed by atoms with Crippen molar-refractivity contribution in [3.05, 3.63) is 0 Å². The van der Waals surface area contributed by atoms with Crippen molar-refractivity contribution in [1.29, 1.82) is 0 Å². The molecule has 2 unspecified atom stereocenters. The molecule has 10 nitrogen and oxygen atoms in total. The quantitative estimate of drug-likeness (QED) is 0.209. The van der Waals surface area contributed by atoms with Gasteiger partial charge in [0.1, 0.15) is 6.61 Å². The van der Waals surface area contributed by atoms with Crippen LogP contribution in [0.4, 0.5) is 4.79 Å². The van der Waals surface area contributed by atoms with Gasteiger partial charge in [-0.1, -0.05) is 27.7 Å². The normalized spacial score (nSPS) is 12.7. The molecule has 0 fully saturated rings. The summed E-state index contributed by atoms with van der Waals surface area (Å²) >= 11 is 0. The van der Waals surface area contributed by atoms with Gasteiger partial charge in [0.05, 0.1) is 6.54 Å². The molecule has 0 spiro atoms. The van der Waals surface area contributed by atoms with Gasteiger partial charge in [-0.25, -0.2) is 4.79 Å². The summed E-state index contributed by atoms with van der Waals surface area (Å²) in [4.78, 5) is 33.4. The maximum Gasteiger partial charge on any atom is 0.500 e. The summed E-state index contributed by atoms with van der Waals surface area (Å²) in [5.74, 6) is -0.225. The van der Waals surface area contributed by atoms with Crippen LogP contribution in [0.5, 0.6) is 0 Å². The first-order valence-electron chi connectivity index (χ1n) is 12.0. The van der Waals surface area contributed by atoms with Gasteiger partial charge in [0, 0.05) is 44.2 Å². The molecule has 2 atom stereocenters. The van der Waals surface area contributed by atoms with Gasteiger partial charge < -0.3 is 34.4 Å². The molecule has 0 saturated heterocycles. The second-order valence-corrected chi connectivity index (χ2v) is 10.2. The van der Waals surface area contributed by atoms with Crippen LogP contribution in [0.25, 0.3) is 0 Å². The summed E-state index contributed by atoms with van der Waals surface area (Å²) in [6, 6.07) is 0.633. The van der Waals surface area contributed by atoms with Crippen LogP contribution in [-0.4, -0.2) is 66.2 Å². The highest BCUT2D eigenvalue weighted by molar-refractivity contribution is 6.60. The van der Waals surface area contributed by atoms with E-state index in [0.717, 1.165) is 12.8 Å². The lowest BCUT2D eigenvalue weighted by atomic mass is 10.1. The Labute approximate surface area is 201 Å². The fraction of sp³-hybridized carbons (Fsp3) is 0.864. The van der Waals surface area contributed by atoms with Crippen LogP contribution in [0.2, 0.25) is 6.04 Å². The second-order valence-electron chi connectivity index (χ2n) is 7.46. The van der Waals surface area contributed by atoms with Crippen LogP contribution in [0.3, 0.4) is 0 Å². The number of primary amides is 1. The van der Waals surface area contributed by atoms with Crippen LogP contribution in [0, 0.1) is 11.8 Å². The fourth-order valence-electron chi connectivity index (χ4n) is 2.43. The van der Waals surface area contributed by atoms with E-state index in [0.29, 0.717) is 45.4 Å². The minimum Gasteiger partial charge on any atom is -0.448 e. The minimum atomic E-state index is -2.67. The summed E-state index contributed by atoms with van der Waals surface area (Å²) in [6.07, 6.45) is 1.80. The monoisotopic (exact) mass is 493 g/mol. The van der Waals surface area contributed by atoms with Crippen molar-refractivity contribution >= 4 is 26.7 Å². The number of hydrogen-bond donors (Lipinski definition) is 3. The smallest absolute Gasteiger partial charge is 0.448 e. The van der Waals surface area contributed by atoms with E-state index in [2.05, 4.69) is 10.6 Å². The van der Waals surface area contributed by atoms with Gasteiger partial charge in [-0.3, -0.25) is 9.59 Å². The first-order valence-corrected chi connectivity index (χ1v) is 13.9. The highest BCUT2D eigenvalue weighted by atomic mass is 28.4. The summed E-state index contributed by atoms with van der Waals surface area (Å²) in [5.41, 5.74) is 4.91. The number of carbonyl (C=O) groups excluding carboxylic acids is 3. The lowest BCUT2D eigenvalue weighted by Crippen LogP contribution is -2.46. The van der Waals surface area contributed by atoms with E-state index >= 15 is 0 Å². The van der Waals surface area contributed by atoms with E-state index in [4.69, 9.17) is 23.7 Å². The van der Waals surface area contributed by atoms with E-state index in [-0.39, 0.29) is 30.3 Å². The summed E-state index contributed by atoms with van der Waals surface area (Å²) < 4.78 is 22.3. The third kappa shape index (κ3) is 17.4. The Balaban J connectivity index is 0. The molecule has 0 aliphatic heterocycles. The van der Waals surface area contributed by atoms with Gasteiger partial charge in [0.2, 0.25) is 11.8 Å². The molecular formula is C22H47N3O7Si. The van der Waals surface area contributed by atoms with Crippen LogP contribution in [-0.2, 0) is 27.6 Å². The van der Waals surface area contributed by atoms with Gasteiger partial charge in [-0.2, -0.15) is 0 Å². The van der Waals surface area contributed by atoms with E-state index < -0.39 is 14.9 Å². The number of nitrogens with one attached hydrogen (secondary N) is 2. The third-order valence-corrected chi connectivity index (χ3v) is 7.97. The van der Waals surface area contributed by atoms with Crippen LogP contribution in [0.15, 0.2) is 0 Å². The maximum atomic E-state index is 11.7. The molecular weight excluding hydrogens is 446 g/mol. The molecule has 0 aliphatic rings. The summed E-state index contributed by atoms with van der Waals surface area (Å²) in [6.45, 7) is 15.8. The zero-order chi connectivity index (χ0) is 25.7. The Morgan fingerprint density at radius 1 is 0.818 bits per heavy atom. The molecule has 11 heteroatoms. The fourth-order valence-corrected chi connectivity index (χ4v) is 5.04. The number of nitrogens with two attached hydrogens (primary N) is 1. The Morgan fingerprint density at radius 2 is 1.33 bits per heavy atom. The van der Waals surface area contributed by atoms with Gasteiger partial charge in [0.15, 0.2) is 0 Å². The van der Waals surface area contributed by atoms with Crippen LogP contribution < -0.4 is 16.4 Å². The highest BCUT2D eigenvalue weighted by Crippen LogP contribution is 2.17. The van der Waals surface area contributed by atoms with Crippen molar-refractivity contribution in [2.45, 2.75) is 73.8 Å². The number of rotatable bonds is 17. The number of ether oxygens (including phenoxy) is 1. The van der Waals surface area contributed by atoms with Crippen molar-refractivity contribution in [2.75, 3.05) is 39.5 Å². The molecule has 0 aromatic heterocycles. The topological polar surface area (TPSA) is 138 Å². The van der Waals surface area contributed by atoms with E-state index in [1.807, 2.05) is 48.5 Å². The number of carbonyl (C=O) groups is 3. The predicted octanol–water partition coefficient (Wildman–Crippen LogP) is 2.83. The van der Waals surface area contributed by atoms with E-state index in [1.165, 1.54) is 0 Å².